The molecule has 8 aromatic rings. The smallest absolute Gasteiger partial charge is 0.0716 e. The van der Waals surface area contributed by atoms with Gasteiger partial charge < -0.3 is 4.57 Å². The Balaban J connectivity index is 0.000000256. The molecule has 1 aliphatic rings. The van der Waals surface area contributed by atoms with Crippen LogP contribution in [0.1, 0.15) is 35.7 Å². The summed E-state index contributed by atoms with van der Waals surface area (Å²) >= 11 is 0. The molecule has 2 nitrogen and oxygen atoms in total. The third-order valence-electron chi connectivity index (χ3n) is 10.7. The van der Waals surface area contributed by atoms with Gasteiger partial charge in [0.15, 0.2) is 0 Å². The first-order valence-electron chi connectivity index (χ1n) is 19.3. The number of para-hydroxylation sites is 1. The van der Waals surface area contributed by atoms with Crippen molar-refractivity contribution in [2.75, 3.05) is 0 Å². The SMILES string of the molecule is Cc1c(C2=CCC(C)C=C2)c2ccccc2n1-c1cccc(-c2cc(-c3ccccc3)cc(-c3ccccc3)n2)c1.Cc1ccccc1-c1ccccc1C. The molecule has 2 heterocycles. The van der Waals surface area contributed by atoms with Crippen molar-refractivity contribution in [3.8, 4) is 50.5 Å². The summed E-state index contributed by atoms with van der Waals surface area (Å²) in [6.07, 6.45) is 8.10. The van der Waals surface area contributed by atoms with Crippen molar-refractivity contribution in [2.45, 2.75) is 34.1 Å². The van der Waals surface area contributed by atoms with E-state index in [1.807, 2.05) is 6.07 Å². The predicted octanol–water partition coefficient (Wildman–Crippen LogP) is 14.3. The van der Waals surface area contributed by atoms with Crippen LogP contribution in [-0.2, 0) is 0 Å². The fraction of sp³-hybridized carbons (Fsp3) is 0.113. The molecule has 0 aliphatic heterocycles. The highest BCUT2D eigenvalue weighted by atomic mass is 15.0. The highest BCUT2D eigenvalue weighted by molar-refractivity contribution is 5.98. The van der Waals surface area contributed by atoms with E-state index in [1.54, 1.807) is 0 Å². The maximum Gasteiger partial charge on any atom is 0.0716 e. The van der Waals surface area contributed by atoms with E-state index in [4.69, 9.17) is 4.98 Å². The monoisotopic (exact) mass is 710 g/mol. The Morgan fingerprint density at radius 2 is 1.09 bits per heavy atom. The van der Waals surface area contributed by atoms with Crippen LogP contribution in [0.3, 0.4) is 0 Å². The highest BCUT2D eigenvalue weighted by Crippen LogP contribution is 2.38. The van der Waals surface area contributed by atoms with Gasteiger partial charge in [-0.1, -0.05) is 165 Å². The van der Waals surface area contributed by atoms with Crippen molar-refractivity contribution in [3.05, 3.63) is 210 Å². The van der Waals surface area contributed by atoms with Crippen LogP contribution < -0.4 is 0 Å². The average molecular weight is 711 g/mol. The molecular formula is C53H46N2. The lowest BCUT2D eigenvalue weighted by Gasteiger charge is -2.14. The van der Waals surface area contributed by atoms with Gasteiger partial charge in [0.25, 0.3) is 0 Å². The number of benzene rings is 6. The number of allylic oxidation sites excluding steroid dienone is 4. The maximum atomic E-state index is 5.18. The first-order chi connectivity index (χ1) is 26.9. The molecule has 9 rings (SSSR count). The normalized spacial score (nSPS) is 13.6. The van der Waals surface area contributed by atoms with E-state index in [0.717, 1.165) is 40.2 Å². The molecule has 0 bridgehead atoms. The number of hydrogen-bond donors (Lipinski definition) is 0. The largest absolute Gasteiger partial charge is 0.313 e. The lowest BCUT2D eigenvalue weighted by atomic mass is 9.93. The lowest BCUT2D eigenvalue weighted by molar-refractivity contribution is 0.739. The Hall–Kier alpha value is -6.51. The van der Waals surface area contributed by atoms with Gasteiger partial charge in [-0.05, 0) is 102 Å². The third-order valence-corrected chi connectivity index (χ3v) is 10.7. The van der Waals surface area contributed by atoms with E-state index in [0.29, 0.717) is 5.92 Å². The molecule has 0 amide bonds. The fourth-order valence-electron chi connectivity index (χ4n) is 7.76. The molecule has 1 aliphatic carbocycles. The zero-order valence-corrected chi connectivity index (χ0v) is 32.1. The van der Waals surface area contributed by atoms with Crippen LogP contribution >= 0.6 is 0 Å². The van der Waals surface area contributed by atoms with Crippen LogP contribution in [0, 0.1) is 26.7 Å². The molecular weight excluding hydrogens is 665 g/mol. The first-order valence-corrected chi connectivity index (χ1v) is 19.3. The minimum atomic E-state index is 0.587. The van der Waals surface area contributed by atoms with Crippen molar-refractivity contribution in [1.29, 1.82) is 0 Å². The lowest BCUT2D eigenvalue weighted by Crippen LogP contribution is -1.99. The van der Waals surface area contributed by atoms with Gasteiger partial charge in [0.2, 0.25) is 0 Å². The third kappa shape index (κ3) is 7.50. The molecule has 6 aromatic carbocycles. The average Bonchev–Trinajstić information content (AvgIpc) is 3.54. The van der Waals surface area contributed by atoms with Crippen molar-refractivity contribution in [3.63, 3.8) is 0 Å². The highest BCUT2D eigenvalue weighted by Gasteiger charge is 2.19. The van der Waals surface area contributed by atoms with E-state index < -0.39 is 0 Å². The van der Waals surface area contributed by atoms with Crippen LogP contribution in [0.2, 0.25) is 0 Å². The molecule has 0 N–H and O–H groups in total. The molecule has 1 atom stereocenters. The van der Waals surface area contributed by atoms with Gasteiger partial charge in [0.05, 0.1) is 16.9 Å². The molecule has 2 aromatic heterocycles. The Morgan fingerprint density at radius 3 is 1.73 bits per heavy atom. The molecule has 1 unspecified atom stereocenters. The number of hydrogen-bond acceptors (Lipinski definition) is 1. The van der Waals surface area contributed by atoms with Gasteiger partial charge in [-0.3, -0.25) is 0 Å². The molecule has 2 heteroatoms. The standard InChI is InChI=1S/C39H32N2.C14H14/c1-27-20-22-31(23-21-27)39-28(2)41(38-19-10-9-18-35(38)39)34-17-11-16-32(24-34)37-26-33(29-12-5-3-6-13-29)25-36(40-37)30-14-7-4-8-15-30;1-11-7-3-5-9-13(11)14-10-6-4-8-12(14)2/h3-20,22-27H,21H2,1-2H3;3-10H,1-2H3. The Kier molecular flexibility index (Phi) is 10.2. The van der Waals surface area contributed by atoms with E-state index in [-0.39, 0.29) is 0 Å². The summed E-state index contributed by atoms with van der Waals surface area (Å²) in [6, 6.07) is 60.0. The van der Waals surface area contributed by atoms with Crippen LogP contribution in [0.4, 0.5) is 0 Å². The Bertz CT molecular complexity index is 2560. The Morgan fingerprint density at radius 1 is 0.527 bits per heavy atom. The van der Waals surface area contributed by atoms with E-state index in [1.165, 1.54) is 55.6 Å². The number of rotatable bonds is 6. The summed E-state index contributed by atoms with van der Waals surface area (Å²) in [5.74, 6) is 0.587. The van der Waals surface area contributed by atoms with Gasteiger partial charge in [0, 0.05) is 33.5 Å². The molecule has 0 saturated carbocycles. The van der Waals surface area contributed by atoms with Crippen molar-refractivity contribution in [2.24, 2.45) is 5.92 Å². The van der Waals surface area contributed by atoms with Crippen LogP contribution in [-0.4, -0.2) is 9.55 Å². The van der Waals surface area contributed by atoms with E-state index in [2.05, 4.69) is 214 Å². The molecule has 0 spiro atoms. The van der Waals surface area contributed by atoms with Gasteiger partial charge >= 0.3 is 0 Å². The minimum Gasteiger partial charge on any atom is -0.313 e. The second kappa shape index (κ2) is 15.8. The summed E-state index contributed by atoms with van der Waals surface area (Å²) < 4.78 is 2.40. The van der Waals surface area contributed by atoms with Crippen molar-refractivity contribution >= 4 is 16.5 Å². The second-order valence-electron chi connectivity index (χ2n) is 14.6. The van der Waals surface area contributed by atoms with Crippen molar-refractivity contribution < 1.29 is 0 Å². The van der Waals surface area contributed by atoms with Crippen LogP contribution in [0.15, 0.2) is 188 Å². The van der Waals surface area contributed by atoms with Crippen molar-refractivity contribution in [1.82, 2.24) is 9.55 Å². The quantitative estimate of drug-likeness (QED) is 0.168. The number of pyridine rings is 1. The maximum absolute atomic E-state index is 5.18. The number of nitrogens with zero attached hydrogens (tertiary/aromatic N) is 2. The molecule has 0 radical (unpaired) electrons. The fourth-order valence-corrected chi connectivity index (χ4v) is 7.76. The second-order valence-corrected chi connectivity index (χ2v) is 14.6. The molecule has 55 heavy (non-hydrogen) atoms. The number of fused-ring (bicyclic) bond motifs is 1. The molecule has 0 fully saturated rings. The van der Waals surface area contributed by atoms with Gasteiger partial charge in [0.1, 0.15) is 0 Å². The van der Waals surface area contributed by atoms with Gasteiger partial charge in [-0.2, -0.15) is 0 Å². The number of aromatic nitrogens is 2. The predicted molar refractivity (Wildman–Crippen MR) is 234 cm³/mol. The molecule has 0 saturated heterocycles. The summed E-state index contributed by atoms with van der Waals surface area (Å²) in [7, 11) is 0. The van der Waals surface area contributed by atoms with E-state index >= 15 is 0 Å². The minimum absolute atomic E-state index is 0.587. The zero-order valence-electron chi connectivity index (χ0n) is 32.1. The topological polar surface area (TPSA) is 17.8 Å². The summed E-state index contributed by atoms with van der Waals surface area (Å²) in [5, 5.41) is 1.29. The van der Waals surface area contributed by atoms with E-state index in [9.17, 15) is 0 Å². The van der Waals surface area contributed by atoms with Crippen LogP contribution in [0.5, 0.6) is 0 Å². The van der Waals surface area contributed by atoms with Gasteiger partial charge in [-0.25, -0.2) is 4.98 Å². The Labute approximate surface area is 325 Å². The molecule has 268 valence electrons. The first kappa shape index (κ1) is 35.5. The number of aryl methyl sites for hydroxylation is 2. The summed E-state index contributed by atoms with van der Waals surface area (Å²) in [6.45, 7) is 8.83. The van der Waals surface area contributed by atoms with Gasteiger partial charge in [-0.15, -0.1) is 0 Å². The summed E-state index contributed by atoms with van der Waals surface area (Å²) in [5.41, 5.74) is 18.1. The van der Waals surface area contributed by atoms with Crippen LogP contribution in [0.25, 0.3) is 66.9 Å². The zero-order chi connectivity index (χ0) is 37.7. The summed E-state index contributed by atoms with van der Waals surface area (Å²) in [4.78, 5) is 5.18.